The molecule has 1 heterocycles. The second-order valence-corrected chi connectivity index (χ2v) is 10.3. The molecule has 0 saturated carbocycles. The maximum Gasteiger partial charge on any atom is 0.469 e. The number of nitrogens with one attached hydrogen (secondary N) is 1. The Kier molecular flexibility index (Phi) is 8.42. The van der Waals surface area contributed by atoms with Crippen LogP contribution < -0.4 is 5.32 Å². The highest BCUT2D eigenvalue weighted by atomic mass is 16.7. The van der Waals surface area contributed by atoms with Gasteiger partial charge in [0.2, 0.25) is 0 Å². The molecule has 0 bridgehead atoms. The fourth-order valence-corrected chi connectivity index (χ4v) is 4.17. The average Bonchev–Trinajstić information content (AvgIpc) is 3.03. The van der Waals surface area contributed by atoms with E-state index in [1.54, 1.807) is 25.3 Å². The van der Waals surface area contributed by atoms with E-state index in [0.29, 0.717) is 5.56 Å². The van der Waals surface area contributed by atoms with E-state index in [-0.39, 0.29) is 11.7 Å². The highest BCUT2D eigenvalue weighted by molar-refractivity contribution is 6.49. The van der Waals surface area contributed by atoms with Crippen molar-refractivity contribution in [3.8, 4) is 0 Å². The summed E-state index contributed by atoms with van der Waals surface area (Å²) in [5.74, 6) is -0.492. The van der Waals surface area contributed by atoms with Crippen LogP contribution in [0.25, 0.3) is 0 Å². The number of amides is 1. The summed E-state index contributed by atoms with van der Waals surface area (Å²) in [7, 11) is -0.561. The van der Waals surface area contributed by atoms with Crippen LogP contribution in [0, 0.1) is 0 Å². The van der Waals surface area contributed by atoms with Gasteiger partial charge in [0.15, 0.2) is 0 Å². The van der Waals surface area contributed by atoms with Crippen LogP contribution in [0.4, 0.5) is 0 Å². The molecule has 6 heteroatoms. The van der Waals surface area contributed by atoms with E-state index in [4.69, 9.17) is 9.31 Å². The van der Waals surface area contributed by atoms with Gasteiger partial charge >= 0.3 is 7.12 Å². The monoisotopic (exact) mass is 475 g/mol. The fourth-order valence-electron chi connectivity index (χ4n) is 4.17. The minimum atomic E-state index is -1.17. The Balaban J connectivity index is 1.96. The van der Waals surface area contributed by atoms with Gasteiger partial charge in [0.05, 0.1) is 11.2 Å². The van der Waals surface area contributed by atoms with Crippen molar-refractivity contribution in [2.45, 2.75) is 77.0 Å². The number of carbonyl (C=O) groups excluding carboxylic acids is 1. The second-order valence-electron chi connectivity index (χ2n) is 10.3. The molecule has 1 amide bonds. The van der Waals surface area contributed by atoms with Crippen molar-refractivity contribution >= 4 is 13.0 Å². The van der Waals surface area contributed by atoms with Crippen molar-refractivity contribution in [1.82, 2.24) is 5.32 Å². The summed E-state index contributed by atoms with van der Waals surface area (Å²) in [6, 6.07) is 18.7. The Morgan fingerprint density at radius 2 is 1.57 bits per heavy atom. The summed E-state index contributed by atoms with van der Waals surface area (Å²) in [6.07, 6.45) is 7.11. The average molecular weight is 475 g/mol. The largest absolute Gasteiger partial charge is 0.469 e. The molecule has 2 aromatic rings. The molecule has 0 aliphatic carbocycles. The van der Waals surface area contributed by atoms with Crippen LogP contribution in [0.15, 0.2) is 84.6 Å². The third kappa shape index (κ3) is 6.51. The zero-order valence-corrected chi connectivity index (χ0v) is 21.7. The van der Waals surface area contributed by atoms with Crippen molar-refractivity contribution in [3.63, 3.8) is 0 Å². The van der Waals surface area contributed by atoms with E-state index < -0.39 is 23.9 Å². The van der Waals surface area contributed by atoms with Crippen LogP contribution in [-0.2, 0) is 14.9 Å². The molecule has 186 valence electrons. The fraction of sp³-hybridized carbons (Fsp3) is 0.414. The lowest BCUT2D eigenvalue weighted by Gasteiger charge is -2.32. The van der Waals surface area contributed by atoms with Crippen molar-refractivity contribution in [1.29, 1.82) is 0 Å². The maximum absolute atomic E-state index is 12.6. The Labute approximate surface area is 210 Å². The molecule has 5 nitrogen and oxygen atoms in total. The van der Waals surface area contributed by atoms with Gasteiger partial charge in [-0.25, -0.2) is 0 Å². The predicted octanol–water partition coefficient (Wildman–Crippen LogP) is 6.03. The lowest BCUT2D eigenvalue weighted by atomic mass is 9.65. The second kappa shape index (κ2) is 10.9. The molecule has 3 rings (SSSR count). The molecular formula is C29H38BNO4. The molecule has 1 aliphatic rings. The third-order valence-electron chi connectivity index (χ3n) is 6.91. The van der Waals surface area contributed by atoms with Gasteiger partial charge in [0.1, 0.15) is 5.60 Å². The number of carbonyl (C=O) groups is 1. The Bertz CT molecular complexity index is 1030. The maximum atomic E-state index is 12.6. The Morgan fingerprint density at radius 3 is 2.11 bits per heavy atom. The van der Waals surface area contributed by atoms with Crippen molar-refractivity contribution in [3.05, 3.63) is 95.7 Å². The first-order valence-electron chi connectivity index (χ1n) is 12.3. The summed E-state index contributed by atoms with van der Waals surface area (Å²) < 4.78 is 12.8. The van der Waals surface area contributed by atoms with Gasteiger partial charge in [0, 0.05) is 17.6 Å². The summed E-state index contributed by atoms with van der Waals surface area (Å²) in [5, 5.41) is 14.3. The number of allylic oxidation sites excluding steroid dienone is 2. The number of hydrogen-bond donors (Lipinski definition) is 2. The molecule has 1 saturated heterocycles. The highest BCUT2D eigenvalue weighted by Crippen LogP contribution is 2.43. The van der Waals surface area contributed by atoms with Gasteiger partial charge < -0.3 is 19.7 Å². The van der Waals surface area contributed by atoms with Gasteiger partial charge in [-0.05, 0) is 64.8 Å². The van der Waals surface area contributed by atoms with Crippen molar-refractivity contribution in [2.75, 3.05) is 0 Å². The van der Waals surface area contributed by atoms with Crippen LogP contribution >= 0.6 is 0 Å². The number of rotatable bonds is 9. The Morgan fingerprint density at radius 1 is 1.03 bits per heavy atom. The first-order chi connectivity index (χ1) is 16.5. The van der Waals surface area contributed by atoms with Gasteiger partial charge in [-0.1, -0.05) is 73.5 Å². The lowest BCUT2D eigenvalue weighted by molar-refractivity contribution is 0.00578. The number of hydrogen-bond acceptors (Lipinski definition) is 4. The first-order valence-corrected chi connectivity index (χ1v) is 12.3. The Hall–Kier alpha value is -2.67. The molecule has 2 atom stereocenters. The van der Waals surface area contributed by atoms with Gasteiger partial charge in [-0.15, -0.1) is 0 Å². The van der Waals surface area contributed by atoms with E-state index in [9.17, 15) is 9.90 Å². The van der Waals surface area contributed by atoms with Crippen LogP contribution in [0.1, 0.15) is 70.3 Å². The molecule has 35 heavy (non-hydrogen) atoms. The van der Waals surface area contributed by atoms with Crippen LogP contribution in [0.3, 0.4) is 0 Å². The smallest absolute Gasteiger partial charge is 0.403 e. The van der Waals surface area contributed by atoms with E-state index in [1.165, 1.54) is 0 Å². The van der Waals surface area contributed by atoms with Crippen molar-refractivity contribution < 1.29 is 19.2 Å². The van der Waals surface area contributed by atoms with Gasteiger partial charge in [0.25, 0.3) is 5.91 Å². The molecule has 1 aliphatic heterocycles. The highest BCUT2D eigenvalue weighted by Gasteiger charge is 2.53. The van der Waals surface area contributed by atoms with E-state index >= 15 is 0 Å². The van der Waals surface area contributed by atoms with Crippen molar-refractivity contribution in [2.24, 2.45) is 0 Å². The van der Waals surface area contributed by atoms with E-state index in [1.807, 2.05) is 88.4 Å². The first kappa shape index (κ1) is 26.9. The minimum absolute atomic E-state index is 0.188. The number of benzene rings is 2. The molecule has 2 unspecified atom stereocenters. The molecule has 0 radical (unpaired) electrons. The zero-order valence-electron chi connectivity index (χ0n) is 21.7. The summed E-state index contributed by atoms with van der Waals surface area (Å²) >= 11 is 0. The van der Waals surface area contributed by atoms with Gasteiger partial charge in [-0.3, -0.25) is 4.79 Å². The quantitative estimate of drug-likeness (QED) is 0.344. The molecule has 2 aromatic carbocycles. The number of aliphatic hydroxyl groups is 1. The lowest BCUT2D eigenvalue weighted by Crippen LogP contribution is -2.41. The summed E-state index contributed by atoms with van der Waals surface area (Å²) in [5.41, 5.74) is 0.204. The topological polar surface area (TPSA) is 67.8 Å². The van der Waals surface area contributed by atoms with E-state index in [0.717, 1.165) is 24.0 Å². The third-order valence-corrected chi connectivity index (χ3v) is 6.91. The molecule has 2 N–H and O–H groups in total. The minimum Gasteiger partial charge on any atom is -0.403 e. The molecule has 0 aromatic heterocycles. The summed E-state index contributed by atoms with van der Waals surface area (Å²) in [4.78, 5) is 12.6. The van der Waals surface area contributed by atoms with Gasteiger partial charge in [-0.2, -0.15) is 0 Å². The SMILES string of the molecule is CCC/C(=C\C(C)(O)c1ccccc1)C(/C=C/NC(=O)c1ccccc1)B1OC(C)(C)C(C)(C)O1. The van der Waals surface area contributed by atoms with E-state index in [2.05, 4.69) is 12.2 Å². The van der Waals surface area contributed by atoms with Crippen LogP contribution in [-0.4, -0.2) is 29.3 Å². The standard InChI is InChI=1S/C29H38BNO4/c1-7-14-23(21-29(6,33)24-17-12-9-13-18-24)25(30-34-27(2,3)28(4,5)35-30)19-20-31-26(32)22-15-10-8-11-16-22/h8-13,15-21,25,33H,7,14H2,1-6H3,(H,31,32)/b20-19+,23-21+. The molecule has 0 spiro atoms. The van der Waals surface area contributed by atoms with Crippen LogP contribution in [0.2, 0.25) is 5.82 Å². The molecular weight excluding hydrogens is 437 g/mol. The molecule has 1 fully saturated rings. The normalized spacial score (nSPS) is 20.0. The summed E-state index contributed by atoms with van der Waals surface area (Å²) in [6.45, 7) is 12.0. The van der Waals surface area contributed by atoms with Crippen LogP contribution in [0.5, 0.6) is 0 Å². The zero-order chi connectivity index (χ0) is 25.7. The predicted molar refractivity (Wildman–Crippen MR) is 142 cm³/mol.